The minimum atomic E-state index is -0.278. The number of phenols is 1. The molecule has 1 N–H and O–H groups in total. The van der Waals surface area contributed by atoms with Gasteiger partial charge >= 0.3 is 0 Å². The van der Waals surface area contributed by atoms with E-state index in [1.54, 1.807) is 27.4 Å². The molecule has 0 fully saturated rings. The van der Waals surface area contributed by atoms with Crippen molar-refractivity contribution in [1.82, 2.24) is 9.80 Å². The topological polar surface area (TPSA) is 72.9 Å². The van der Waals surface area contributed by atoms with Crippen molar-refractivity contribution in [2.75, 3.05) is 48.5 Å². The minimum Gasteiger partial charge on any atom is -0.504 e. The van der Waals surface area contributed by atoms with Gasteiger partial charge in [0.25, 0.3) is 0 Å². The Bertz CT molecular complexity index is 1650. The third-order valence-electron chi connectivity index (χ3n) is 9.81. The van der Waals surface area contributed by atoms with Crippen molar-refractivity contribution in [3.05, 3.63) is 93.8 Å². The molecule has 8 heteroatoms. The van der Waals surface area contributed by atoms with Gasteiger partial charge in [0.2, 0.25) is 5.75 Å². The molecule has 0 saturated heterocycles. The molecule has 3 aromatic carbocycles. The fourth-order valence-corrected chi connectivity index (χ4v) is 7.23. The van der Waals surface area contributed by atoms with Crippen LogP contribution < -0.4 is 18.9 Å². The third-order valence-corrected chi connectivity index (χ3v) is 9.81. The quantitative estimate of drug-likeness (QED) is 0.316. The number of hydrogen-bond donors (Lipinski definition) is 1. The molecule has 0 aliphatic carbocycles. The normalized spacial score (nSPS) is 22.2. The number of likely N-dealkylation sites (N-methyl/N-ethyl adjacent to an activating group) is 2. The SMILES string of the molecule is CO/C(C)=C/C1=C2C(C)Oc3c(OC)c(OC)cc4c3C(Cc3ccc(O)c(c3)Oc3ccc(cc3)CC2N(C)CC1)N(C)CC4. The molecule has 0 spiro atoms. The van der Waals surface area contributed by atoms with Crippen molar-refractivity contribution in [2.24, 2.45) is 0 Å². The molecule has 0 radical (unpaired) electrons. The Labute approximate surface area is 272 Å². The summed E-state index contributed by atoms with van der Waals surface area (Å²) in [7, 11) is 9.42. The number of fused-ring (bicyclic) bond motifs is 3. The van der Waals surface area contributed by atoms with Crippen molar-refractivity contribution in [3.8, 4) is 34.5 Å². The molecular weight excluding hydrogens is 580 g/mol. The van der Waals surface area contributed by atoms with Gasteiger partial charge in [0.05, 0.1) is 27.1 Å². The van der Waals surface area contributed by atoms with E-state index in [2.05, 4.69) is 55.1 Å². The van der Waals surface area contributed by atoms with Crippen LogP contribution in [0.25, 0.3) is 0 Å². The van der Waals surface area contributed by atoms with E-state index in [1.807, 2.05) is 31.2 Å². The van der Waals surface area contributed by atoms with Gasteiger partial charge in [-0.15, -0.1) is 0 Å². The number of methoxy groups -OCH3 is 3. The molecule has 3 unspecified atom stereocenters. The first-order valence-corrected chi connectivity index (χ1v) is 16.1. The summed E-state index contributed by atoms with van der Waals surface area (Å²) in [6.07, 6.45) is 5.13. The molecule has 8 nitrogen and oxygen atoms in total. The summed E-state index contributed by atoms with van der Waals surface area (Å²) in [6.45, 7) is 5.96. The fourth-order valence-electron chi connectivity index (χ4n) is 7.23. The number of hydrogen-bond acceptors (Lipinski definition) is 8. The van der Waals surface area contributed by atoms with Crippen molar-refractivity contribution in [2.45, 2.75) is 57.7 Å². The van der Waals surface area contributed by atoms with Gasteiger partial charge < -0.3 is 28.8 Å². The molecule has 3 aromatic rings. The lowest BCUT2D eigenvalue weighted by Crippen LogP contribution is -2.44. The molecule has 46 heavy (non-hydrogen) atoms. The third kappa shape index (κ3) is 6.16. The van der Waals surface area contributed by atoms with E-state index >= 15 is 0 Å². The highest BCUT2D eigenvalue weighted by Gasteiger charge is 2.36. The monoisotopic (exact) mass is 626 g/mol. The van der Waals surface area contributed by atoms with Crippen LogP contribution in [0.5, 0.6) is 34.5 Å². The molecular formula is C38H46N2O6. The molecule has 7 rings (SSSR count). The highest BCUT2D eigenvalue weighted by molar-refractivity contribution is 5.62. The number of rotatable bonds is 4. The Morgan fingerprint density at radius 1 is 0.891 bits per heavy atom. The van der Waals surface area contributed by atoms with Crippen LogP contribution in [0.4, 0.5) is 0 Å². The largest absolute Gasteiger partial charge is 0.504 e. The predicted octanol–water partition coefficient (Wildman–Crippen LogP) is 6.85. The van der Waals surface area contributed by atoms with Crippen LogP contribution in [-0.2, 0) is 24.0 Å². The van der Waals surface area contributed by atoms with E-state index in [4.69, 9.17) is 23.7 Å². The first-order chi connectivity index (χ1) is 22.2. The van der Waals surface area contributed by atoms with Gasteiger partial charge in [-0.05, 0) is 118 Å². The van der Waals surface area contributed by atoms with Crippen molar-refractivity contribution < 1.29 is 28.8 Å². The summed E-state index contributed by atoms with van der Waals surface area (Å²) in [5.41, 5.74) is 7.00. The average molecular weight is 627 g/mol. The summed E-state index contributed by atoms with van der Waals surface area (Å²) in [4.78, 5) is 4.80. The Kier molecular flexibility index (Phi) is 9.20. The zero-order chi connectivity index (χ0) is 32.5. The van der Waals surface area contributed by atoms with Crippen molar-refractivity contribution >= 4 is 0 Å². The molecule has 4 bridgehead atoms. The van der Waals surface area contributed by atoms with E-state index in [0.717, 1.165) is 55.0 Å². The highest BCUT2D eigenvalue weighted by atomic mass is 16.5. The smallest absolute Gasteiger partial charge is 0.203 e. The zero-order valence-corrected chi connectivity index (χ0v) is 28.1. The minimum absolute atomic E-state index is 0.00778. The Morgan fingerprint density at radius 3 is 2.30 bits per heavy atom. The zero-order valence-electron chi connectivity index (χ0n) is 28.1. The van der Waals surface area contributed by atoms with Crippen molar-refractivity contribution in [3.63, 3.8) is 0 Å². The molecule has 0 amide bonds. The summed E-state index contributed by atoms with van der Waals surface area (Å²) < 4.78 is 31.0. The second-order valence-corrected chi connectivity index (χ2v) is 12.7. The number of phenolic OH excluding ortho intramolecular Hbond substituents is 1. The van der Waals surface area contributed by atoms with E-state index in [1.165, 1.54) is 22.3 Å². The lowest BCUT2D eigenvalue weighted by molar-refractivity contribution is 0.172. The number of benzene rings is 3. The molecule has 4 heterocycles. The van der Waals surface area contributed by atoms with Gasteiger partial charge in [0.15, 0.2) is 23.0 Å². The van der Waals surface area contributed by atoms with E-state index < -0.39 is 0 Å². The summed E-state index contributed by atoms with van der Waals surface area (Å²) in [5, 5.41) is 10.7. The van der Waals surface area contributed by atoms with Crippen LogP contribution in [0.3, 0.4) is 0 Å². The van der Waals surface area contributed by atoms with Crippen LogP contribution >= 0.6 is 0 Å². The van der Waals surface area contributed by atoms with Gasteiger partial charge in [-0.25, -0.2) is 0 Å². The molecule has 244 valence electrons. The highest BCUT2D eigenvalue weighted by Crippen LogP contribution is 2.49. The maximum absolute atomic E-state index is 10.7. The molecule has 3 atom stereocenters. The van der Waals surface area contributed by atoms with Crippen LogP contribution in [0.2, 0.25) is 0 Å². The molecule has 0 aromatic heterocycles. The Morgan fingerprint density at radius 2 is 1.59 bits per heavy atom. The van der Waals surface area contributed by atoms with Crippen molar-refractivity contribution in [1.29, 1.82) is 0 Å². The summed E-state index contributed by atoms with van der Waals surface area (Å²) in [5.74, 6) is 4.08. The van der Waals surface area contributed by atoms with Gasteiger partial charge in [-0.1, -0.05) is 18.2 Å². The van der Waals surface area contributed by atoms with Gasteiger partial charge in [-0.2, -0.15) is 0 Å². The molecule has 4 aliphatic rings. The Hall–Kier alpha value is -4.14. The first kappa shape index (κ1) is 31.8. The maximum Gasteiger partial charge on any atom is 0.203 e. The van der Waals surface area contributed by atoms with Crippen LogP contribution in [0.1, 0.15) is 48.6 Å². The van der Waals surface area contributed by atoms with E-state index in [-0.39, 0.29) is 23.9 Å². The number of aromatic hydroxyl groups is 1. The van der Waals surface area contributed by atoms with Crippen LogP contribution in [-0.4, -0.2) is 75.6 Å². The fraction of sp³-hybridized carbons (Fsp3) is 0.421. The number of nitrogens with zero attached hydrogens (tertiary/aromatic N) is 2. The van der Waals surface area contributed by atoms with E-state index in [0.29, 0.717) is 29.4 Å². The predicted molar refractivity (Wildman–Crippen MR) is 180 cm³/mol. The van der Waals surface area contributed by atoms with Gasteiger partial charge in [0.1, 0.15) is 11.9 Å². The molecule has 4 aliphatic heterocycles. The number of allylic oxidation sites excluding steroid dienone is 2. The van der Waals surface area contributed by atoms with Crippen LogP contribution in [0, 0.1) is 0 Å². The van der Waals surface area contributed by atoms with Crippen LogP contribution in [0.15, 0.2) is 71.5 Å². The number of ether oxygens (including phenoxy) is 5. The van der Waals surface area contributed by atoms with E-state index in [9.17, 15) is 5.11 Å². The lowest BCUT2D eigenvalue weighted by Gasteiger charge is -2.40. The Balaban J connectivity index is 1.59. The summed E-state index contributed by atoms with van der Waals surface area (Å²) in [6, 6.07) is 16.0. The van der Waals surface area contributed by atoms with Gasteiger partial charge in [0, 0.05) is 30.7 Å². The van der Waals surface area contributed by atoms with Gasteiger partial charge in [-0.3, -0.25) is 9.80 Å². The standard InChI is InChI=1S/C38H46N2O6/c1-23(42-5)18-27-14-16-39(3)30-19-25-8-11-29(12-9-25)46-33-21-26(10-13-32(33)41)20-31-36-28(15-17-40(31)4)22-34(43-6)37(44-7)38(36)45-24(2)35(27)30/h8-13,18,21-22,24,30-31,41H,14-17,19-20H2,1-7H3/b23-18+. The average Bonchev–Trinajstić information content (AvgIpc) is 3.05. The second kappa shape index (κ2) is 13.3. The summed E-state index contributed by atoms with van der Waals surface area (Å²) >= 11 is 0. The lowest BCUT2D eigenvalue weighted by atomic mass is 9.85. The maximum atomic E-state index is 10.7. The molecule has 0 saturated carbocycles. The first-order valence-electron chi connectivity index (χ1n) is 16.1. The second-order valence-electron chi connectivity index (χ2n) is 12.7.